The molecule has 0 radical (unpaired) electrons. The molecule has 0 N–H and O–H groups in total. The molecule has 0 heterocycles. The van der Waals surface area contributed by atoms with Crippen molar-refractivity contribution in [3.8, 4) is 6.07 Å². The van der Waals surface area contributed by atoms with Gasteiger partial charge in [0.15, 0.2) is 15.1 Å². The lowest BCUT2D eigenvalue weighted by molar-refractivity contribution is 0.595. The molecule has 0 aromatic heterocycles. The Morgan fingerprint density at radius 2 is 2.30 bits per heavy atom. The summed E-state index contributed by atoms with van der Waals surface area (Å²) in [6, 6.07) is 1.68. The summed E-state index contributed by atoms with van der Waals surface area (Å²) in [6.07, 6.45) is 2.68. The van der Waals surface area contributed by atoms with E-state index in [0.29, 0.717) is 0 Å². The van der Waals surface area contributed by atoms with Gasteiger partial charge in [0, 0.05) is 6.26 Å². The lowest BCUT2D eigenvalue weighted by Gasteiger charge is -2.00. The highest BCUT2D eigenvalue weighted by Gasteiger charge is 2.17. The van der Waals surface area contributed by atoms with Crippen LogP contribution in [0.2, 0.25) is 0 Å². The number of nitriles is 1. The van der Waals surface area contributed by atoms with Crippen LogP contribution >= 0.6 is 0 Å². The molecule has 0 saturated carbocycles. The van der Waals surface area contributed by atoms with Gasteiger partial charge in [-0.25, -0.2) is 8.42 Å². The quantitative estimate of drug-likeness (QED) is 0.563. The Labute approximate surface area is 60.9 Å². The number of nitrogens with zero attached hydrogens (tertiary/aromatic N) is 1. The number of sulfone groups is 1. The Balaban J connectivity index is 4.42. The van der Waals surface area contributed by atoms with Gasteiger partial charge < -0.3 is 0 Å². The van der Waals surface area contributed by atoms with Crippen molar-refractivity contribution in [1.82, 2.24) is 0 Å². The van der Waals surface area contributed by atoms with Crippen LogP contribution in [0.25, 0.3) is 0 Å². The van der Waals surface area contributed by atoms with E-state index in [9.17, 15) is 8.42 Å². The lowest BCUT2D eigenvalue weighted by atomic mass is 10.3. The number of allylic oxidation sites excluding steroid dienone is 1. The molecule has 0 aliphatic rings. The first-order chi connectivity index (χ1) is 4.52. The molecular weight excluding hydrogens is 150 g/mol. The van der Waals surface area contributed by atoms with Gasteiger partial charge in [0.25, 0.3) is 0 Å². The van der Waals surface area contributed by atoms with Crippen molar-refractivity contribution >= 4 is 9.84 Å². The van der Waals surface area contributed by atoms with Crippen LogP contribution < -0.4 is 0 Å². The SMILES string of the molecule is C=CC[C@@H](C#N)S(C)(=O)=O. The minimum absolute atomic E-state index is 0.204. The largest absolute Gasteiger partial charge is 0.228 e. The smallest absolute Gasteiger partial charge is 0.163 e. The standard InChI is InChI=1S/C6H9NO2S/c1-3-4-6(5-7)10(2,8)9/h3,6H,1,4H2,2H3/t6-/m0/s1. The first-order valence-corrected chi connectivity index (χ1v) is 4.67. The lowest BCUT2D eigenvalue weighted by Crippen LogP contribution is -2.16. The fraction of sp³-hybridized carbons (Fsp3) is 0.500. The minimum Gasteiger partial charge on any atom is -0.228 e. The third-order valence-electron chi connectivity index (χ3n) is 1.04. The van der Waals surface area contributed by atoms with Gasteiger partial charge in [0.05, 0.1) is 6.07 Å². The van der Waals surface area contributed by atoms with E-state index in [4.69, 9.17) is 5.26 Å². The summed E-state index contributed by atoms with van der Waals surface area (Å²) in [6.45, 7) is 3.35. The summed E-state index contributed by atoms with van der Waals surface area (Å²) in [5.74, 6) is 0. The van der Waals surface area contributed by atoms with Crippen molar-refractivity contribution < 1.29 is 8.42 Å². The monoisotopic (exact) mass is 159 g/mol. The van der Waals surface area contributed by atoms with Crippen molar-refractivity contribution in [2.45, 2.75) is 11.7 Å². The maximum atomic E-state index is 10.7. The van der Waals surface area contributed by atoms with Gasteiger partial charge in [-0.2, -0.15) is 5.26 Å². The first kappa shape index (κ1) is 9.18. The number of hydrogen-bond acceptors (Lipinski definition) is 3. The van der Waals surface area contributed by atoms with Crippen molar-refractivity contribution in [2.24, 2.45) is 0 Å². The highest BCUT2D eigenvalue weighted by molar-refractivity contribution is 7.91. The van der Waals surface area contributed by atoms with Crippen molar-refractivity contribution in [1.29, 1.82) is 5.26 Å². The van der Waals surface area contributed by atoms with Gasteiger partial charge in [-0.3, -0.25) is 0 Å². The molecule has 0 aliphatic carbocycles. The van der Waals surface area contributed by atoms with Crippen LogP contribution in [0.5, 0.6) is 0 Å². The van der Waals surface area contributed by atoms with Gasteiger partial charge in [-0.1, -0.05) is 6.08 Å². The summed E-state index contributed by atoms with van der Waals surface area (Å²) < 4.78 is 21.4. The summed E-state index contributed by atoms with van der Waals surface area (Å²) in [4.78, 5) is 0. The number of rotatable bonds is 3. The molecule has 0 aliphatic heterocycles. The van der Waals surface area contributed by atoms with Gasteiger partial charge in [-0.05, 0) is 6.42 Å². The molecule has 0 aromatic carbocycles. The zero-order chi connectivity index (χ0) is 8.20. The van der Waals surface area contributed by atoms with Crippen molar-refractivity contribution in [3.05, 3.63) is 12.7 Å². The number of hydrogen-bond donors (Lipinski definition) is 0. The summed E-state index contributed by atoms with van der Waals surface area (Å²) in [5.41, 5.74) is 0. The van der Waals surface area contributed by atoms with Crippen molar-refractivity contribution in [2.75, 3.05) is 6.26 Å². The molecule has 0 saturated heterocycles. The molecule has 0 amide bonds. The predicted molar refractivity (Wildman–Crippen MR) is 39.1 cm³/mol. The topological polar surface area (TPSA) is 57.9 Å². The second kappa shape index (κ2) is 3.37. The highest BCUT2D eigenvalue weighted by atomic mass is 32.2. The molecule has 0 rings (SSSR count). The summed E-state index contributed by atoms with van der Waals surface area (Å²) >= 11 is 0. The molecule has 56 valence electrons. The summed E-state index contributed by atoms with van der Waals surface area (Å²) in [7, 11) is -3.21. The Hall–Kier alpha value is -0.820. The second-order valence-electron chi connectivity index (χ2n) is 1.97. The van der Waals surface area contributed by atoms with Crippen LogP contribution in [0.1, 0.15) is 6.42 Å². The van der Waals surface area contributed by atoms with Gasteiger partial charge in [0.1, 0.15) is 0 Å². The van der Waals surface area contributed by atoms with Crippen LogP contribution in [-0.2, 0) is 9.84 Å². The van der Waals surface area contributed by atoms with Gasteiger partial charge >= 0.3 is 0 Å². The third kappa shape index (κ3) is 2.65. The van der Waals surface area contributed by atoms with Crippen molar-refractivity contribution in [3.63, 3.8) is 0 Å². The van der Waals surface area contributed by atoms with Crippen LogP contribution in [0.4, 0.5) is 0 Å². The van der Waals surface area contributed by atoms with E-state index < -0.39 is 15.1 Å². The Morgan fingerprint density at radius 1 is 1.80 bits per heavy atom. The van der Waals surface area contributed by atoms with E-state index in [1.165, 1.54) is 6.08 Å². The van der Waals surface area contributed by atoms with E-state index in [1.807, 2.05) is 0 Å². The van der Waals surface area contributed by atoms with Crippen LogP contribution in [-0.4, -0.2) is 19.9 Å². The first-order valence-electron chi connectivity index (χ1n) is 2.71. The normalized spacial score (nSPS) is 13.6. The molecule has 0 spiro atoms. The predicted octanol–water partition coefficient (Wildman–Crippen LogP) is 0.499. The van der Waals surface area contributed by atoms with Gasteiger partial charge in [0.2, 0.25) is 0 Å². The zero-order valence-electron chi connectivity index (χ0n) is 5.74. The molecule has 0 fully saturated rings. The average molecular weight is 159 g/mol. The van der Waals surface area contributed by atoms with Crippen LogP contribution in [0.3, 0.4) is 0 Å². The second-order valence-corrected chi connectivity index (χ2v) is 4.20. The molecule has 4 heteroatoms. The maximum absolute atomic E-state index is 10.7. The summed E-state index contributed by atoms with van der Waals surface area (Å²) in [5, 5.41) is 7.39. The molecular formula is C6H9NO2S. The average Bonchev–Trinajstić information content (AvgIpc) is 1.80. The van der Waals surface area contributed by atoms with E-state index in [1.54, 1.807) is 6.07 Å². The van der Waals surface area contributed by atoms with Gasteiger partial charge in [-0.15, -0.1) is 6.58 Å². The Bertz CT molecular complexity index is 247. The third-order valence-corrected chi connectivity index (χ3v) is 2.37. The molecule has 3 nitrogen and oxygen atoms in total. The fourth-order valence-corrected chi connectivity index (χ4v) is 1.15. The molecule has 0 unspecified atom stereocenters. The van der Waals surface area contributed by atoms with E-state index in [-0.39, 0.29) is 6.42 Å². The van der Waals surface area contributed by atoms with Crippen LogP contribution in [0.15, 0.2) is 12.7 Å². The molecule has 1 atom stereocenters. The van der Waals surface area contributed by atoms with E-state index >= 15 is 0 Å². The van der Waals surface area contributed by atoms with E-state index in [2.05, 4.69) is 6.58 Å². The Kier molecular flexibility index (Phi) is 3.10. The zero-order valence-corrected chi connectivity index (χ0v) is 6.56. The Morgan fingerprint density at radius 3 is 2.40 bits per heavy atom. The minimum atomic E-state index is -3.21. The fourth-order valence-electron chi connectivity index (χ4n) is 0.475. The maximum Gasteiger partial charge on any atom is 0.163 e. The highest BCUT2D eigenvalue weighted by Crippen LogP contribution is 2.02. The van der Waals surface area contributed by atoms with E-state index in [0.717, 1.165) is 6.26 Å². The molecule has 0 bridgehead atoms. The molecule has 0 aromatic rings. The van der Waals surface area contributed by atoms with Crippen LogP contribution in [0, 0.1) is 11.3 Å². The molecule has 10 heavy (non-hydrogen) atoms.